The first-order valence-electron chi connectivity index (χ1n) is 7.57. The summed E-state index contributed by atoms with van der Waals surface area (Å²) in [6.45, 7) is 6.07. The normalized spacial score (nSPS) is 14.9. The van der Waals surface area contributed by atoms with Crippen molar-refractivity contribution < 1.29 is 13.2 Å². The van der Waals surface area contributed by atoms with Gasteiger partial charge in [0.2, 0.25) is 10.0 Å². The first-order valence-corrected chi connectivity index (χ1v) is 9.05. The summed E-state index contributed by atoms with van der Waals surface area (Å²) >= 11 is 0. The summed E-state index contributed by atoms with van der Waals surface area (Å²) in [5, 5.41) is 0. The van der Waals surface area contributed by atoms with E-state index in [1.807, 2.05) is 13.0 Å². The van der Waals surface area contributed by atoms with E-state index in [1.165, 1.54) is 6.08 Å². The fourth-order valence-corrected chi connectivity index (χ4v) is 3.37. The Labute approximate surface area is 137 Å². The third-order valence-electron chi connectivity index (χ3n) is 3.73. The third-order valence-corrected chi connectivity index (χ3v) is 5.20. The average molecular weight is 331 g/mol. The van der Waals surface area contributed by atoms with E-state index >= 15 is 0 Å². The fraction of sp³-hybridized carbons (Fsp3) is 0.278. The topological polar surface area (TPSA) is 63.2 Å². The minimum Gasteiger partial charge on any atom is -0.289 e. The van der Waals surface area contributed by atoms with Crippen LogP contribution in [0.2, 0.25) is 0 Å². The number of hydrogen-bond donors (Lipinski definition) is 1. The van der Waals surface area contributed by atoms with E-state index in [1.54, 1.807) is 30.3 Å². The van der Waals surface area contributed by atoms with Crippen LogP contribution < -0.4 is 4.72 Å². The average Bonchev–Trinajstić information content (AvgIpc) is 2.51. The molecule has 2 rings (SSSR count). The lowest BCUT2D eigenvalue weighted by molar-refractivity contribution is -0.111. The molecule has 0 saturated carbocycles. The molecule has 0 saturated heterocycles. The van der Waals surface area contributed by atoms with Crippen LogP contribution in [0.3, 0.4) is 0 Å². The summed E-state index contributed by atoms with van der Waals surface area (Å²) in [5.74, 6) is -0.0532. The number of aryl methyl sites for hydroxylation is 1. The summed E-state index contributed by atoms with van der Waals surface area (Å²) in [6.07, 6.45) is 7.34. The highest BCUT2D eigenvalue weighted by Gasteiger charge is 2.14. The Morgan fingerprint density at radius 1 is 1.13 bits per heavy atom. The molecule has 0 radical (unpaired) electrons. The monoisotopic (exact) mass is 331 g/mol. The molecule has 1 aliphatic carbocycles. The maximum absolute atomic E-state index is 12.1. The van der Waals surface area contributed by atoms with E-state index in [2.05, 4.69) is 11.3 Å². The van der Waals surface area contributed by atoms with Gasteiger partial charge < -0.3 is 0 Å². The van der Waals surface area contributed by atoms with Gasteiger partial charge in [-0.2, -0.15) is 0 Å². The van der Waals surface area contributed by atoms with Crippen molar-refractivity contribution in [3.8, 4) is 0 Å². The van der Waals surface area contributed by atoms with Crippen LogP contribution in [0.15, 0.2) is 65.1 Å². The van der Waals surface area contributed by atoms with Crippen molar-refractivity contribution in [2.75, 3.05) is 6.54 Å². The fourth-order valence-electron chi connectivity index (χ4n) is 2.29. The summed E-state index contributed by atoms with van der Waals surface area (Å²) in [5.41, 5.74) is 2.49. The van der Waals surface area contributed by atoms with Crippen molar-refractivity contribution in [2.45, 2.75) is 31.1 Å². The van der Waals surface area contributed by atoms with E-state index in [0.717, 1.165) is 24.0 Å². The van der Waals surface area contributed by atoms with Crippen LogP contribution in [0.5, 0.6) is 0 Å². The second-order valence-corrected chi connectivity index (χ2v) is 7.33. The predicted octanol–water partition coefficient (Wildman–Crippen LogP) is 3.07. The Morgan fingerprint density at radius 2 is 1.83 bits per heavy atom. The largest absolute Gasteiger partial charge is 0.289 e. The highest BCUT2D eigenvalue weighted by Crippen LogP contribution is 2.20. The predicted molar refractivity (Wildman–Crippen MR) is 91.6 cm³/mol. The van der Waals surface area contributed by atoms with Crippen LogP contribution in [0.4, 0.5) is 0 Å². The lowest BCUT2D eigenvalue weighted by Gasteiger charge is -2.11. The van der Waals surface area contributed by atoms with Gasteiger partial charge in [0.1, 0.15) is 0 Å². The van der Waals surface area contributed by atoms with Crippen LogP contribution in [-0.2, 0) is 14.8 Å². The van der Waals surface area contributed by atoms with Gasteiger partial charge >= 0.3 is 0 Å². The Hall–Kier alpha value is -1.98. The first-order chi connectivity index (χ1) is 10.9. The van der Waals surface area contributed by atoms with Crippen LogP contribution in [-0.4, -0.2) is 20.7 Å². The Morgan fingerprint density at radius 3 is 2.52 bits per heavy atom. The molecule has 0 amide bonds. The third kappa shape index (κ3) is 4.74. The molecule has 1 aromatic rings. The molecule has 122 valence electrons. The molecule has 0 spiro atoms. The van der Waals surface area contributed by atoms with Crippen molar-refractivity contribution in [2.24, 2.45) is 0 Å². The van der Waals surface area contributed by atoms with E-state index < -0.39 is 10.0 Å². The molecule has 1 aliphatic rings. The number of ketones is 1. The number of carbonyl (C=O) groups excluding carboxylic acids is 1. The van der Waals surface area contributed by atoms with Crippen LogP contribution in [0.25, 0.3) is 0 Å². The maximum Gasteiger partial charge on any atom is 0.240 e. The van der Waals surface area contributed by atoms with Crippen molar-refractivity contribution in [1.82, 2.24) is 4.72 Å². The summed E-state index contributed by atoms with van der Waals surface area (Å²) in [7, 11) is -3.45. The number of unbranched alkanes of at least 4 members (excludes halogenated alkanes) is 1. The van der Waals surface area contributed by atoms with Crippen molar-refractivity contribution in [3.63, 3.8) is 0 Å². The molecular weight excluding hydrogens is 310 g/mol. The van der Waals surface area contributed by atoms with Gasteiger partial charge in [0.25, 0.3) is 0 Å². The first kappa shape index (κ1) is 17.4. The van der Waals surface area contributed by atoms with Crippen LogP contribution >= 0.6 is 0 Å². The number of nitrogens with one attached hydrogen (secondary N) is 1. The molecule has 0 aromatic heterocycles. The van der Waals surface area contributed by atoms with Gasteiger partial charge in [-0.05, 0) is 50.0 Å². The van der Waals surface area contributed by atoms with Crippen molar-refractivity contribution >= 4 is 15.8 Å². The van der Waals surface area contributed by atoms with Gasteiger partial charge in [-0.15, -0.1) is 0 Å². The molecule has 0 fully saturated rings. The lowest BCUT2D eigenvalue weighted by Crippen LogP contribution is -2.24. The summed E-state index contributed by atoms with van der Waals surface area (Å²) in [6, 6.07) is 6.76. The number of carbonyl (C=O) groups is 1. The molecule has 5 heteroatoms. The number of allylic oxidation sites excluding steroid dienone is 5. The van der Waals surface area contributed by atoms with Gasteiger partial charge in [0, 0.05) is 12.1 Å². The smallest absolute Gasteiger partial charge is 0.240 e. The van der Waals surface area contributed by atoms with Gasteiger partial charge in [-0.1, -0.05) is 36.4 Å². The van der Waals surface area contributed by atoms with Crippen molar-refractivity contribution in [3.05, 3.63) is 65.8 Å². The maximum atomic E-state index is 12.1. The van der Waals surface area contributed by atoms with E-state index in [9.17, 15) is 13.2 Å². The highest BCUT2D eigenvalue weighted by atomic mass is 32.2. The SMILES string of the molecule is C=C1C(=O)C=CC=C1CCCCNS(=O)(=O)c1ccc(C)cc1. The van der Waals surface area contributed by atoms with Gasteiger partial charge in [0.05, 0.1) is 4.90 Å². The van der Waals surface area contributed by atoms with E-state index in [0.29, 0.717) is 18.5 Å². The Balaban J connectivity index is 1.78. The second-order valence-electron chi connectivity index (χ2n) is 5.56. The van der Waals surface area contributed by atoms with Gasteiger partial charge in [-0.3, -0.25) is 4.79 Å². The molecule has 0 bridgehead atoms. The quantitative estimate of drug-likeness (QED) is 0.617. The lowest BCUT2D eigenvalue weighted by atomic mass is 9.94. The zero-order chi connectivity index (χ0) is 16.9. The number of sulfonamides is 1. The van der Waals surface area contributed by atoms with Crippen molar-refractivity contribution in [1.29, 1.82) is 0 Å². The molecular formula is C18H21NO3S. The summed E-state index contributed by atoms with van der Waals surface area (Å²) in [4.78, 5) is 11.8. The standard InChI is InChI=1S/C18H21NO3S/c1-14-9-11-17(12-10-14)23(21,22)19-13-4-3-6-16-7-5-8-18(20)15(16)2/h5,7-12,19H,2-4,6,13H2,1H3. The molecule has 23 heavy (non-hydrogen) atoms. The molecule has 1 N–H and O–H groups in total. The van der Waals surface area contributed by atoms with Crippen LogP contribution in [0.1, 0.15) is 24.8 Å². The minimum absolute atomic E-state index is 0.0532. The highest BCUT2D eigenvalue weighted by molar-refractivity contribution is 7.89. The minimum atomic E-state index is -3.45. The zero-order valence-electron chi connectivity index (χ0n) is 13.2. The van der Waals surface area contributed by atoms with Crippen LogP contribution in [0, 0.1) is 6.92 Å². The molecule has 0 unspecified atom stereocenters. The van der Waals surface area contributed by atoms with Gasteiger partial charge in [-0.25, -0.2) is 13.1 Å². The molecule has 4 nitrogen and oxygen atoms in total. The van der Waals surface area contributed by atoms with E-state index in [4.69, 9.17) is 0 Å². The Bertz CT molecular complexity index is 756. The number of benzene rings is 1. The number of rotatable bonds is 7. The number of hydrogen-bond acceptors (Lipinski definition) is 3. The molecule has 0 heterocycles. The summed E-state index contributed by atoms with van der Waals surface area (Å²) < 4.78 is 26.8. The van der Waals surface area contributed by atoms with E-state index in [-0.39, 0.29) is 10.7 Å². The Kier molecular flexibility index (Phi) is 5.69. The second kappa shape index (κ2) is 7.53. The molecule has 0 atom stereocenters. The van der Waals surface area contributed by atoms with Gasteiger partial charge in [0.15, 0.2) is 5.78 Å². The molecule has 1 aromatic carbocycles. The zero-order valence-corrected chi connectivity index (χ0v) is 14.0. The molecule has 0 aliphatic heterocycles.